The molecule has 114 valence electrons. The maximum absolute atomic E-state index is 12.1. The minimum atomic E-state index is -3.99. The Labute approximate surface area is 121 Å². The second-order valence-electron chi connectivity index (χ2n) is 4.63. The van der Waals surface area contributed by atoms with Gasteiger partial charge in [-0.3, -0.25) is 4.18 Å². The van der Waals surface area contributed by atoms with Crippen LogP contribution in [0.4, 0.5) is 5.69 Å². The molecule has 1 saturated carbocycles. The van der Waals surface area contributed by atoms with Crippen molar-refractivity contribution < 1.29 is 23.0 Å². The molecule has 1 aromatic carbocycles. The first-order valence-electron chi connectivity index (χ1n) is 6.27. The monoisotopic (exact) mass is 315 g/mol. The molecule has 0 radical (unpaired) electrons. The van der Waals surface area contributed by atoms with E-state index in [1.807, 2.05) is 0 Å². The van der Waals surface area contributed by atoms with Crippen molar-refractivity contribution in [3.8, 4) is 0 Å². The summed E-state index contributed by atoms with van der Waals surface area (Å²) in [5, 5.41) is 22.0. The molecule has 0 amide bonds. The Morgan fingerprint density at radius 2 is 2.05 bits per heavy atom. The summed E-state index contributed by atoms with van der Waals surface area (Å²) in [5.41, 5.74) is 6.71. The molecular weight excluding hydrogens is 300 g/mol. The van der Waals surface area contributed by atoms with Gasteiger partial charge in [0.1, 0.15) is 16.7 Å². The summed E-state index contributed by atoms with van der Waals surface area (Å²) >= 11 is 0. The fourth-order valence-electron chi connectivity index (χ4n) is 2.21. The van der Waals surface area contributed by atoms with Crippen LogP contribution in [0.1, 0.15) is 19.3 Å². The highest BCUT2D eigenvalue weighted by atomic mass is 32.2. The smallest absolute Gasteiger partial charge is 0.297 e. The maximum atomic E-state index is 12.1. The molecule has 0 aromatic heterocycles. The summed E-state index contributed by atoms with van der Waals surface area (Å²) in [6.07, 6.45) is 1.27. The molecule has 0 aliphatic heterocycles. The number of hydrogen-bond acceptors (Lipinski definition) is 7. The van der Waals surface area contributed by atoms with Gasteiger partial charge < -0.3 is 5.21 Å². The SMILES string of the molecule is N=[N+]=N[C@@H]1CCC[C@H]1OS(=O)(=O)c1ccc([NH+]([O-])O)cc1. The summed E-state index contributed by atoms with van der Waals surface area (Å²) < 4.78 is 29.4. The first-order chi connectivity index (χ1) is 9.94. The molecule has 0 spiro atoms. The zero-order chi connectivity index (χ0) is 15.5. The van der Waals surface area contributed by atoms with Gasteiger partial charge in [-0.05, 0) is 31.4 Å². The zero-order valence-electron chi connectivity index (χ0n) is 11.0. The summed E-state index contributed by atoms with van der Waals surface area (Å²) in [6.45, 7) is 0. The van der Waals surface area contributed by atoms with Crippen molar-refractivity contribution in [2.45, 2.75) is 36.3 Å². The Hall–Kier alpha value is -1.68. The van der Waals surface area contributed by atoms with Gasteiger partial charge in [-0.25, -0.2) is 5.21 Å². The van der Waals surface area contributed by atoms with Crippen LogP contribution < -0.4 is 10.1 Å². The van der Waals surface area contributed by atoms with E-state index in [0.717, 1.165) is 6.42 Å². The van der Waals surface area contributed by atoms with Crippen LogP contribution >= 0.6 is 0 Å². The molecular formula is C11H15N4O5S+. The Morgan fingerprint density at radius 1 is 1.38 bits per heavy atom. The van der Waals surface area contributed by atoms with E-state index in [9.17, 15) is 13.6 Å². The van der Waals surface area contributed by atoms with Gasteiger partial charge in [0, 0.05) is 12.1 Å². The number of quaternary nitrogens is 1. The Morgan fingerprint density at radius 3 is 2.62 bits per heavy atom. The average Bonchev–Trinajstić information content (AvgIpc) is 2.86. The molecule has 3 atom stereocenters. The summed E-state index contributed by atoms with van der Waals surface area (Å²) in [7, 11) is -3.99. The highest BCUT2D eigenvalue weighted by molar-refractivity contribution is 7.86. The van der Waals surface area contributed by atoms with Gasteiger partial charge in [-0.1, -0.05) is 0 Å². The predicted molar refractivity (Wildman–Crippen MR) is 69.2 cm³/mol. The van der Waals surface area contributed by atoms with Crippen molar-refractivity contribution >= 4 is 15.8 Å². The fraction of sp³-hybridized carbons (Fsp3) is 0.455. The number of hydrogen-bond donors (Lipinski definition) is 3. The molecule has 3 N–H and O–H groups in total. The molecule has 0 heterocycles. The van der Waals surface area contributed by atoms with Crippen LogP contribution in [0.2, 0.25) is 0 Å². The number of nitrogens with one attached hydrogen (secondary N) is 2. The minimum absolute atomic E-state index is 0.00398. The van der Waals surface area contributed by atoms with E-state index < -0.39 is 27.5 Å². The maximum Gasteiger partial charge on any atom is 0.297 e. The van der Waals surface area contributed by atoms with Crippen molar-refractivity contribution in [2.75, 3.05) is 0 Å². The van der Waals surface area contributed by atoms with Crippen LogP contribution in [0, 0.1) is 10.7 Å². The van der Waals surface area contributed by atoms with Gasteiger partial charge in [0.05, 0.1) is 4.90 Å². The second-order valence-corrected chi connectivity index (χ2v) is 6.20. The fourth-order valence-corrected chi connectivity index (χ4v) is 3.34. The molecule has 0 saturated heterocycles. The van der Waals surface area contributed by atoms with E-state index in [0.29, 0.717) is 12.8 Å². The predicted octanol–water partition coefficient (Wildman–Crippen LogP) is 0.267. The van der Waals surface area contributed by atoms with Gasteiger partial charge in [0.2, 0.25) is 4.91 Å². The van der Waals surface area contributed by atoms with Crippen LogP contribution in [0.25, 0.3) is 0 Å². The van der Waals surface area contributed by atoms with E-state index in [1.165, 1.54) is 24.3 Å². The lowest BCUT2D eigenvalue weighted by molar-refractivity contribution is -0.991. The second kappa shape index (κ2) is 6.39. The van der Waals surface area contributed by atoms with Gasteiger partial charge in [-0.2, -0.15) is 13.6 Å². The zero-order valence-corrected chi connectivity index (χ0v) is 11.8. The largest absolute Gasteiger partial charge is 0.595 e. The first-order valence-corrected chi connectivity index (χ1v) is 7.68. The van der Waals surface area contributed by atoms with E-state index in [4.69, 9.17) is 14.9 Å². The Bertz CT molecular complexity index is 639. The van der Waals surface area contributed by atoms with E-state index in [2.05, 4.69) is 10.0 Å². The van der Waals surface area contributed by atoms with Gasteiger partial charge >= 0.3 is 0 Å². The van der Waals surface area contributed by atoms with Crippen LogP contribution in [0.5, 0.6) is 0 Å². The molecule has 1 fully saturated rings. The van der Waals surface area contributed by atoms with Crippen LogP contribution in [0.15, 0.2) is 34.3 Å². The van der Waals surface area contributed by atoms with Crippen molar-refractivity contribution in [3.63, 3.8) is 0 Å². The number of nitrogens with zero attached hydrogens (tertiary/aromatic N) is 2. The van der Waals surface area contributed by atoms with Gasteiger partial charge in [0.15, 0.2) is 11.7 Å². The van der Waals surface area contributed by atoms with Crippen molar-refractivity contribution in [1.82, 2.24) is 4.91 Å². The molecule has 21 heavy (non-hydrogen) atoms. The first kappa shape index (κ1) is 15.7. The topological polar surface area (TPSA) is 141 Å². The molecule has 10 heteroatoms. The summed E-state index contributed by atoms with van der Waals surface area (Å²) in [5.74, 6) is 0. The molecule has 2 rings (SSSR count). The lowest BCUT2D eigenvalue weighted by Gasteiger charge is -2.14. The molecule has 0 bridgehead atoms. The third-order valence-corrected chi connectivity index (χ3v) is 4.61. The standard InChI is InChI=1S/C11H15N4O5S/c12-14-13-10-2-1-3-11(10)20-21(18,19)9-6-4-8(5-7-9)15(16)17/h4-7,10-12,15-16H,1-3H2/q+1/t10-,11-/m1/s1. The van der Waals surface area contributed by atoms with Crippen LogP contribution in [-0.2, 0) is 14.3 Å². The van der Waals surface area contributed by atoms with Crippen molar-refractivity contribution in [3.05, 3.63) is 29.5 Å². The van der Waals surface area contributed by atoms with Crippen molar-refractivity contribution in [2.24, 2.45) is 5.11 Å². The average molecular weight is 315 g/mol. The molecule has 1 aliphatic rings. The molecule has 9 nitrogen and oxygen atoms in total. The Balaban J connectivity index is 2.16. The van der Waals surface area contributed by atoms with Crippen LogP contribution in [0.3, 0.4) is 0 Å². The number of rotatable bonds is 5. The van der Waals surface area contributed by atoms with Crippen molar-refractivity contribution in [1.29, 1.82) is 5.53 Å². The van der Waals surface area contributed by atoms with E-state index in [-0.39, 0.29) is 10.6 Å². The van der Waals surface area contributed by atoms with E-state index >= 15 is 0 Å². The third-order valence-electron chi connectivity index (χ3n) is 3.26. The third kappa shape index (κ3) is 3.70. The Kier molecular flexibility index (Phi) is 4.78. The minimum Gasteiger partial charge on any atom is -0.595 e. The molecule has 1 aromatic rings. The normalized spacial score (nSPS) is 23.5. The summed E-state index contributed by atoms with van der Waals surface area (Å²) in [4.78, 5) is 2.83. The molecule has 1 unspecified atom stereocenters. The quantitative estimate of drug-likeness (QED) is 0.309. The van der Waals surface area contributed by atoms with Crippen LogP contribution in [-0.4, -0.2) is 25.8 Å². The van der Waals surface area contributed by atoms with Gasteiger partial charge in [-0.15, -0.1) is 0 Å². The number of benzene rings is 1. The highest BCUT2D eigenvalue weighted by Gasteiger charge is 2.36. The summed E-state index contributed by atoms with van der Waals surface area (Å²) in [6, 6.07) is 4.35. The highest BCUT2D eigenvalue weighted by Crippen LogP contribution is 2.28. The lowest BCUT2D eigenvalue weighted by atomic mass is 10.2. The van der Waals surface area contributed by atoms with E-state index in [1.54, 1.807) is 0 Å². The molecule has 1 aliphatic carbocycles. The van der Waals surface area contributed by atoms with Gasteiger partial charge in [0.25, 0.3) is 10.1 Å². The lowest BCUT2D eigenvalue weighted by Crippen LogP contribution is -2.99.